The average molecular weight is 276 g/mol. The zero-order valence-corrected chi connectivity index (χ0v) is 11.9. The van der Waals surface area contributed by atoms with Gasteiger partial charge in [0.25, 0.3) is 0 Å². The van der Waals surface area contributed by atoms with E-state index in [1.165, 1.54) is 0 Å². The topological polar surface area (TPSA) is 75.3 Å². The number of piperidine rings is 1. The number of nitrogens with one attached hydrogen (secondary N) is 2. The second-order valence-electron chi connectivity index (χ2n) is 4.82. The first kappa shape index (κ1) is 15.4. The Hall–Kier alpha value is -0.620. The second-order valence-corrected chi connectivity index (χ2v) is 7.29. The van der Waals surface area contributed by atoms with Gasteiger partial charge in [-0.2, -0.15) is 0 Å². The smallest absolute Gasteiger partial charge is 0.220 e. The summed E-state index contributed by atoms with van der Waals surface area (Å²) >= 11 is 0. The lowest BCUT2D eigenvalue weighted by molar-refractivity contribution is -0.121. The van der Waals surface area contributed by atoms with Gasteiger partial charge in [0.2, 0.25) is 5.91 Å². The Kier molecular flexibility index (Phi) is 6.63. The van der Waals surface area contributed by atoms with E-state index >= 15 is 0 Å². The normalized spacial score (nSPS) is 17.6. The highest BCUT2D eigenvalue weighted by Gasteiger charge is 2.14. The molecule has 0 aromatic rings. The van der Waals surface area contributed by atoms with E-state index in [0.717, 1.165) is 32.4 Å². The number of sulfone groups is 1. The summed E-state index contributed by atoms with van der Waals surface area (Å²) in [5, 5.41) is 5.97. The molecule has 0 spiro atoms. The summed E-state index contributed by atoms with van der Waals surface area (Å²) in [6.45, 7) is 3.94. The van der Waals surface area contributed by atoms with Gasteiger partial charge < -0.3 is 10.6 Å². The molecule has 0 radical (unpaired) electrons. The molecule has 0 saturated carbocycles. The molecule has 0 atom stereocenters. The van der Waals surface area contributed by atoms with Crippen molar-refractivity contribution in [3.05, 3.63) is 0 Å². The summed E-state index contributed by atoms with van der Waals surface area (Å²) < 4.78 is 22.5. The highest BCUT2D eigenvalue weighted by atomic mass is 32.2. The summed E-state index contributed by atoms with van der Waals surface area (Å²) in [6, 6.07) is 0. The molecular weight excluding hydrogens is 252 g/mol. The van der Waals surface area contributed by atoms with Gasteiger partial charge in [0.1, 0.15) is 0 Å². The molecule has 18 heavy (non-hydrogen) atoms. The van der Waals surface area contributed by atoms with Crippen LogP contribution in [-0.2, 0) is 14.6 Å². The molecule has 1 rings (SSSR count). The van der Waals surface area contributed by atoms with Crippen LogP contribution in [0.15, 0.2) is 0 Å². The summed E-state index contributed by atoms with van der Waals surface area (Å²) in [4.78, 5) is 11.5. The van der Waals surface area contributed by atoms with Crippen molar-refractivity contribution in [2.75, 3.05) is 31.1 Å². The molecule has 1 aliphatic rings. The zero-order chi connectivity index (χ0) is 13.4. The Morgan fingerprint density at radius 2 is 2.00 bits per heavy atom. The van der Waals surface area contributed by atoms with Crippen LogP contribution in [0.5, 0.6) is 0 Å². The molecule has 0 bridgehead atoms. The van der Waals surface area contributed by atoms with Crippen molar-refractivity contribution >= 4 is 15.7 Å². The fourth-order valence-corrected chi connectivity index (χ4v) is 2.79. The van der Waals surface area contributed by atoms with Crippen molar-refractivity contribution in [2.45, 2.75) is 32.6 Å². The van der Waals surface area contributed by atoms with Gasteiger partial charge in [-0.15, -0.1) is 0 Å². The van der Waals surface area contributed by atoms with E-state index in [9.17, 15) is 13.2 Å². The molecule has 0 aromatic carbocycles. The number of carbonyl (C=O) groups is 1. The van der Waals surface area contributed by atoms with Crippen LogP contribution >= 0.6 is 0 Å². The van der Waals surface area contributed by atoms with Crippen LogP contribution in [-0.4, -0.2) is 45.5 Å². The van der Waals surface area contributed by atoms with E-state index in [2.05, 4.69) is 10.6 Å². The molecule has 106 valence electrons. The van der Waals surface area contributed by atoms with E-state index in [0.29, 0.717) is 12.3 Å². The minimum absolute atomic E-state index is 0.0279. The summed E-state index contributed by atoms with van der Waals surface area (Å²) in [7, 11) is -2.97. The van der Waals surface area contributed by atoms with Gasteiger partial charge in [-0.05, 0) is 38.3 Å². The Labute approximate surface area is 110 Å². The minimum Gasteiger partial charge on any atom is -0.355 e. The van der Waals surface area contributed by atoms with E-state index in [1.54, 1.807) is 6.92 Å². The molecule has 1 fully saturated rings. The van der Waals surface area contributed by atoms with Gasteiger partial charge in [-0.3, -0.25) is 4.79 Å². The van der Waals surface area contributed by atoms with E-state index < -0.39 is 9.84 Å². The van der Waals surface area contributed by atoms with Crippen LogP contribution in [0.25, 0.3) is 0 Å². The van der Waals surface area contributed by atoms with Gasteiger partial charge >= 0.3 is 0 Å². The molecule has 2 N–H and O–H groups in total. The molecule has 0 aliphatic carbocycles. The summed E-state index contributed by atoms with van der Waals surface area (Å²) in [5.41, 5.74) is 0. The lowest BCUT2D eigenvalue weighted by Gasteiger charge is -2.22. The van der Waals surface area contributed by atoms with Crippen LogP contribution in [0.1, 0.15) is 32.6 Å². The Balaban J connectivity index is 2.10. The first-order valence-electron chi connectivity index (χ1n) is 6.71. The van der Waals surface area contributed by atoms with Gasteiger partial charge in [-0.25, -0.2) is 8.42 Å². The predicted octanol–water partition coefficient (Wildman–Crippen LogP) is 0.317. The van der Waals surface area contributed by atoms with E-state index in [4.69, 9.17) is 0 Å². The van der Waals surface area contributed by atoms with Crippen LogP contribution in [0.3, 0.4) is 0 Å². The molecule has 0 unspecified atom stereocenters. The maximum Gasteiger partial charge on any atom is 0.220 e. The van der Waals surface area contributed by atoms with Crippen LogP contribution < -0.4 is 10.6 Å². The molecule has 6 heteroatoms. The maximum atomic E-state index is 11.5. The Morgan fingerprint density at radius 1 is 1.33 bits per heavy atom. The number of amides is 1. The first-order chi connectivity index (χ1) is 8.53. The molecule has 1 amide bonds. The molecule has 0 aromatic heterocycles. The fourth-order valence-electron chi connectivity index (χ4n) is 2.08. The minimum atomic E-state index is -2.97. The lowest BCUT2D eigenvalue weighted by Crippen LogP contribution is -2.31. The lowest BCUT2D eigenvalue weighted by atomic mass is 9.93. The zero-order valence-electron chi connectivity index (χ0n) is 11.1. The standard InChI is InChI=1S/C12H24N2O3S/c1-2-18(16,17)10-9-14-12(15)4-3-11-5-7-13-8-6-11/h11,13H,2-10H2,1H3,(H,14,15). The van der Waals surface area contributed by atoms with Crippen LogP contribution in [0.2, 0.25) is 0 Å². The third-order valence-electron chi connectivity index (χ3n) is 3.41. The second kappa shape index (κ2) is 7.74. The third-order valence-corrected chi connectivity index (χ3v) is 5.12. The van der Waals surface area contributed by atoms with E-state index in [-0.39, 0.29) is 24.0 Å². The quantitative estimate of drug-likeness (QED) is 0.702. The van der Waals surface area contributed by atoms with Crippen LogP contribution in [0.4, 0.5) is 0 Å². The van der Waals surface area contributed by atoms with Crippen LogP contribution in [0, 0.1) is 5.92 Å². The third kappa shape index (κ3) is 6.35. The molecular formula is C12H24N2O3S. The van der Waals surface area contributed by atoms with Crippen molar-refractivity contribution < 1.29 is 13.2 Å². The van der Waals surface area contributed by atoms with Gasteiger partial charge in [0, 0.05) is 18.7 Å². The largest absolute Gasteiger partial charge is 0.355 e. The van der Waals surface area contributed by atoms with Crippen molar-refractivity contribution in [3.63, 3.8) is 0 Å². The molecule has 1 saturated heterocycles. The van der Waals surface area contributed by atoms with Crippen molar-refractivity contribution in [1.29, 1.82) is 0 Å². The Bertz CT molecular complexity index is 348. The Morgan fingerprint density at radius 3 is 2.61 bits per heavy atom. The van der Waals surface area contributed by atoms with Crippen molar-refractivity contribution in [1.82, 2.24) is 10.6 Å². The van der Waals surface area contributed by atoms with Gasteiger partial charge in [0.05, 0.1) is 5.75 Å². The van der Waals surface area contributed by atoms with Gasteiger partial charge in [0.15, 0.2) is 9.84 Å². The first-order valence-corrected chi connectivity index (χ1v) is 8.53. The molecule has 1 heterocycles. The maximum absolute atomic E-state index is 11.5. The number of carbonyl (C=O) groups excluding carboxylic acids is 1. The fraction of sp³-hybridized carbons (Fsp3) is 0.917. The SMILES string of the molecule is CCS(=O)(=O)CCNC(=O)CCC1CCNCC1. The van der Waals surface area contributed by atoms with Gasteiger partial charge in [-0.1, -0.05) is 6.92 Å². The van der Waals surface area contributed by atoms with Crippen molar-refractivity contribution in [2.24, 2.45) is 5.92 Å². The molecule has 5 nitrogen and oxygen atoms in total. The monoisotopic (exact) mass is 276 g/mol. The van der Waals surface area contributed by atoms with Crippen molar-refractivity contribution in [3.8, 4) is 0 Å². The predicted molar refractivity (Wildman–Crippen MR) is 72.2 cm³/mol. The number of rotatable bonds is 7. The number of hydrogen-bond donors (Lipinski definition) is 2. The van der Waals surface area contributed by atoms with E-state index in [1.807, 2.05) is 0 Å². The highest BCUT2D eigenvalue weighted by molar-refractivity contribution is 7.91. The summed E-state index contributed by atoms with van der Waals surface area (Å²) in [6.07, 6.45) is 3.69. The summed E-state index contributed by atoms with van der Waals surface area (Å²) in [5.74, 6) is 0.789. The number of hydrogen-bond acceptors (Lipinski definition) is 4. The highest BCUT2D eigenvalue weighted by Crippen LogP contribution is 2.17. The molecule has 1 aliphatic heterocycles. The average Bonchev–Trinajstić information content (AvgIpc) is 2.37.